The van der Waals surface area contributed by atoms with Crippen molar-refractivity contribution >= 4 is 43.1 Å². The number of nitrogens with one attached hydrogen (secondary N) is 2. The van der Waals surface area contributed by atoms with E-state index >= 15 is 0 Å². The zero-order valence-electron chi connectivity index (χ0n) is 15.3. The van der Waals surface area contributed by atoms with Crippen LogP contribution in [0.5, 0.6) is 0 Å². The number of hydrogen-bond acceptors (Lipinski definition) is 5. The molecule has 2 amide bonds. The Labute approximate surface area is 162 Å². The molecule has 2 aromatic carbocycles. The molecule has 0 radical (unpaired) electrons. The first-order valence-electron chi connectivity index (χ1n) is 8.50. The van der Waals surface area contributed by atoms with Gasteiger partial charge in [0.2, 0.25) is 14.2 Å². The van der Waals surface area contributed by atoms with Crippen molar-refractivity contribution in [3.05, 3.63) is 53.6 Å². The van der Waals surface area contributed by atoms with E-state index in [0.29, 0.717) is 22.4 Å². The molecule has 0 aliphatic carbocycles. The minimum Gasteiger partial charge on any atom is -0.334 e. The summed E-state index contributed by atoms with van der Waals surface area (Å²) in [5, 5.41) is 5.04. The van der Waals surface area contributed by atoms with E-state index in [2.05, 4.69) is 15.6 Å². The molecule has 6 nitrogen and oxygen atoms in total. The molecule has 3 aromatic rings. The molecule has 1 heterocycles. The first-order chi connectivity index (χ1) is 12.8. The average Bonchev–Trinajstić information content (AvgIpc) is 3.05. The molecule has 0 saturated heterocycles. The Kier molecular flexibility index (Phi) is 5.48. The second-order valence-corrected chi connectivity index (χ2v) is 10.3. The van der Waals surface area contributed by atoms with Crippen LogP contribution in [0.3, 0.4) is 0 Å². The van der Waals surface area contributed by atoms with Crippen LogP contribution in [0.4, 0.5) is 10.5 Å². The maximum absolute atomic E-state index is 12.3. The molecule has 8 heteroatoms. The summed E-state index contributed by atoms with van der Waals surface area (Å²) in [7, 11) is -3.41. The predicted octanol–water partition coefficient (Wildman–Crippen LogP) is 4.11. The largest absolute Gasteiger partial charge is 0.334 e. The fourth-order valence-corrected chi connectivity index (χ4v) is 5.04. The molecule has 0 saturated carbocycles. The van der Waals surface area contributed by atoms with Crippen LogP contribution in [0.25, 0.3) is 10.2 Å². The molecule has 0 bridgehead atoms. The van der Waals surface area contributed by atoms with Gasteiger partial charge in [0.15, 0.2) is 0 Å². The molecule has 0 unspecified atom stereocenters. The van der Waals surface area contributed by atoms with Crippen LogP contribution >= 0.6 is 11.3 Å². The van der Waals surface area contributed by atoms with E-state index in [4.69, 9.17) is 0 Å². The fraction of sp³-hybridized carbons (Fsp3) is 0.263. The number of aromatic nitrogens is 1. The van der Waals surface area contributed by atoms with Gasteiger partial charge in [-0.25, -0.2) is 18.2 Å². The molecular weight excluding hydrogens is 382 g/mol. The smallest absolute Gasteiger partial charge is 0.319 e. The molecule has 0 aliphatic rings. The molecule has 0 aliphatic heterocycles. The third-order valence-corrected chi connectivity index (χ3v) is 7.64. The lowest BCUT2D eigenvalue weighted by molar-refractivity contribution is 0.251. The predicted molar refractivity (Wildman–Crippen MR) is 109 cm³/mol. The Bertz CT molecular complexity index is 1070. The topological polar surface area (TPSA) is 88.2 Å². The molecule has 2 N–H and O–H groups in total. The van der Waals surface area contributed by atoms with Gasteiger partial charge in [0.25, 0.3) is 0 Å². The molecular formula is C19H21N3O3S2. The average molecular weight is 404 g/mol. The number of nitrogens with zero attached hydrogens (tertiary/aromatic N) is 1. The maximum Gasteiger partial charge on any atom is 0.319 e. The van der Waals surface area contributed by atoms with Crippen molar-refractivity contribution in [2.24, 2.45) is 0 Å². The van der Waals surface area contributed by atoms with Crippen LogP contribution in [0.2, 0.25) is 0 Å². The highest BCUT2D eigenvalue weighted by molar-refractivity contribution is 7.94. The van der Waals surface area contributed by atoms with Gasteiger partial charge in [0.1, 0.15) is 0 Å². The number of sulfone groups is 1. The highest BCUT2D eigenvalue weighted by atomic mass is 32.2. The van der Waals surface area contributed by atoms with Gasteiger partial charge < -0.3 is 10.6 Å². The van der Waals surface area contributed by atoms with E-state index in [1.54, 1.807) is 32.0 Å². The molecule has 142 valence electrons. The Morgan fingerprint density at radius 2 is 1.85 bits per heavy atom. The van der Waals surface area contributed by atoms with E-state index in [1.165, 1.54) is 5.56 Å². The van der Waals surface area contributed by atoms with Crippen molar-refractivity contribution in [2.75, 3.05) is 5.32 Å². The van der Waals surface area contributed by atoms with Gasteiger partial charge in [-0.15, -0.1) is 11.3 Å². The second kappa shape index (κ2) is 7.66. The summed E-state index contributed by atoms with van der Waals surface area (Å²) in [5.41, 5.74) is 3.36. The summed E-state index contributed by atoms with van der Waals surface area (Å²) in [6.45, 7) is 5.70. The summed E-state index contributed by atoms with van der Waals surface area (Å²) >= 11 is 1.11. The van der Waals surface area contributed by atoms with Gasteiger partial charge in [-0.1, -0.05) is 29.8 Å². The van der Waals surface area contributed by atoms with Gasteiger partial charge in [0, 0.05) is 12.2 Å². The summed E-state index contributed by atoms with van der Waals surface area (Å²) < 4.78 is 25.4. The van der Waals surface area contributed by atoms with Crippen LogP contribution in [-0.4, -0.2) is 24.7 Å². The highest BCUT2D eigenvalue weighted by Crippen LogP contribution is 2.29. The number of carbonyl (C=O) groups excluding carboxylic acids is 1. The van der Waals surface area contributed by atoms with E-state index < -0.39 is 15.1 Å². The Balaban J connectivity index is 1.69. The van der Waals surface area contributed by atoms with Crippen LogP contribution in [-0.2, 0) is 16.4 Å². The van der Waals surface area contributed by atoms with Gasteiger partial charge in [0.05, 0.1) is 15.5 Å². The first kappa shape index (κ1) is 19.3. The Morgan fingerprint density at radius 1 is 1.15 bits per heavy atom. The van der Waals surface area contributed by atoms with Crippen molar-refractivity contribution in [1.82, 2.24) is 10.3 Å². The van der Waals surface area contributed by atoms with Crippen LogP contribution in [0, 0.1) is 6.92 Å². The summed E-state index contributed by atoms with van der Waals surface area (Å²) in [6, 6.07) is 12.8. The lowest BCUT2D eigenvalue weighted by Crippen LogP contribution is -2.28. The van der Waals surface area contributed by atoms with Crippen molar-refractivity contribution in [2.45, 2.75) is 36.9 Å². The Morgan fingerprint density at radius 3 is 2.52 bits per heavy atom. The first-order valence-corrected chi connectivity index (χ1v) is 10.9. The molecule has 0 atom stereocenters. The lowest BCUT2D eigenvalue weighted by atomic mass is 10.1. The quantitative estimate of drug-likeness (QED) is 0.671. The summed E-state index contributed by atoms with van der Waals surface area (Å²) in [5.74, 6) is 0. The lowest BCUT2D eigenvalue weighted by Gasteiger charge is -2.08. The Hall–Kier alpha value is -2.45. The van der Waals surface area contributed by atoms with Crippen LogP contribution < -0.4 is 10.6 Å². The monoisotopic (exact) mass is 403 g/mol. The molecule has 1 aromatic heterocycles. The maximum atomic E-state index is 12.3. The molecule has 3 rings (SSSR count). The van der Waals surface area contributed by atoms with Crippen molar-refractivity contribution in [3.8, 4) is 0 Å². The zero-order chi connectivity index (χ0) is 19.6. The van der Waals surface area contributed by atoms with E-state index in [9.17, 15) is 13.2 Å². The standard InChI is InChI=1S/C19H21N3O3S2/c1-12(2)27(24,25)19-22-16-9-8-15(10-17(16)26-19)21-18(23)20-11-14-6-4-13(3)5-7-14/h4-10,12H,11H2,1-3H3,(H2,20,21,23). The number of aryl methyl sites for hydroxylation is 1. The number of urea groups is 1. The van der Waals surface area contributed by atoms with Crippen molar-refractivity contribution < 1.29 is 13.2 Å². The second-order valence-electron chi connectivity index (χ2n) is 6.55. The number of fused-ring (bicyclic) bond motifs is 1. The fourth-order valence-electron chi connectivity index (χ4n) is 2.37. The number of carbonyl (C=O) groups is 1. The summed E-state index contributed by atoms with van der Waals surface area (Å²) in [6.07, 6.45) is 0. The number of rotatable bonds is 5. The number of hydrogen-bond donors (Lipinski definition) is 2. The molecule has 0 spiro atoms. The molecule has 0 fully saturated rings. The van der Waals surface area contributed by atoms with Crippen molar-refractivity contribution in [3.63, 3.8) is 0 Å². The van der Waals surface area contributed by atoms with Gasteiger partial charge in [-0.3, -0.25) is 0 Å². The number of anilines is 1. The minimum absolute atomic E-state index is 0.105. The SMILES string of the molecule is Cc1ccc(CNC(=O)Nc2ccc3nc(S(=O)(=O)C(C)C)sc3c2)cc1. The number of thiazole rings is 1. The third-order valence-electron chi connectivity index (χ3n) is 4.06. The highest BCUT2D eigenvalue weighted by Gasteiger charge is 2.23. The number of benzene rings is 2. The van der Waals surface area contributed by atoms with Crippen molar-refractivity contribution in [1.29, 1.82) is 0 Å². The molecule has 27 heavy (non-hydrogen) atoms. The van der Waals surface area contributed by atoms with Gasteiger partial charge in [-0.2, -0.15) is 0 Å². The van der Waals surface area contributed by atoms with E-state index in [-0.39, 0.29) is 10.4 Å². The third kappa shape index (κ3) is 4.45. The van der Waals surface area contributed by atoms with E-state index in [1.807, 2.05) is 31.2 Å². The summed E-state index contributed by atoms with van der Waals surface area (Å²) in [4.78, 5) is 16.3. The number of amides is 2. The normalized spacial score (nSPS) is 11.7. The minimum atomic E-state index is -3.41. The van der Waals surface area contributed by atoms with Crippen LogP contribution in [0.15, 0.2) is 46.8 Å². The van der Waals surface area contributed by atoms with Crippen LogP contribution in [0.1, 0.15) is 25.0 Å². The van der Waals surface area contributed by atoms with E-state index in [0.717, 1.165) is 16.9 Å². The van der Waals surface area contributed by atoms with Gasteiger partial charge in [-0.05, 0) is 44.5 Å². The van der Waals surface area contributed by atoms with Gasteiger partial charge >= 0.3 is 6.03 Å². The zero-order valence-corrected chi connectivity index (χ0v) is 16.9.